The van der Waals surface area contributed by atoms with Crippen LogP contribution in [0.2, 0.25) is 0 Å². The number of halogens is 1. The molecular formula is C19H29IN4OS. The number of benzene rings is 1. The first kappa shape index (κ1) is 22.7. The van der Waals surface area contributed by atoms with Gasteiger partial charge in [0.05, 0.1) is 25.4 Å². The first-order valence-electron chi connectivity index (χ1n) is 8.56. The Kier molecular flexibility index (Phi) is 9.35. The summed E-state index contributed by atoms with van der Waals surface area (Å²) in [6, 6.07) is 6.29. The van der Waals surface area contributed by atoms with Gasteiger partial charge in [-0.05, 0) is 40.7 Å². The Morgan fingerprint density at radius 1 is 1.31 bits per heavy atom. The zero-order valence-corrected chi connectivity index (χ0v) is 19.5. The molecule has 144 valence electrons. The lowest BCUT2D eigenvalue weighted by Gasteiger charge is -2.20. The summed E-state index contributed by atoms with van der Waals surface area (Å²) in [6.07, 6.45) is 0. The lowest BCUT2D eigenvalue weighted by atomic mass is 10.0. The summed E-state index contributed by atoms with van der Waals surface area (Å²) >= 11 is 1.70. The van der Waals surface area contributed by atoms with Crippen molar-refractivity contribution in [2.75, 3.05) is 13.7 Å². The van der Waals surface area contributed by atoms with E-state index in [0.717, 1.165) is 34.5 Å². The van der Waals surface area contributed by atoms with Crippen LogP contribution in [-0.4, -0.2) is 24.6 Å². The van der Waals surface area contributed by atoms with Gasteiger partial charge in [-0.3, -0.25) is 0 Å². The predicted molar refractivity (Wildman–Crippen MR) is 121 cm³/mol. The highest BCUT2D eigenvalue weighted by molar-refractivity contribution is 14.0. The number of hydrogen-bond acceptors (Lipinski definition) is 4. The number of guanidine groups is 1. The number of nitrogens with zero attached hydrogens (tertiary/aromatic N) is 2. The fourth-order valence-corrected chi connectivity index (χ4v) is 3.41. The number of aliphatic imine (C=N–C) groups is 1. The third-order valence-electron chi connectivity index (χ3n) is 3.99. The van der Waals surface area contributed by atoms with Crippen molar-refractivity contribution >= 4 is 41.3 Å². The maximum Gasteiger partial charge on any atom is 0.192 e. The molecule has 0 aliphatic rings. The summed E-state index contributed by atoms with van der Waals surface area (Å²) < 4.78 is 5.50. The van der Waals surface area contributed by atoms with Crippen LogP contribution in [0.25, 0.3) is 0 Å². The van der Waals surface area contributed by atoms with Gasteiger partial charge in [-0.2, -0.15) is 0 Å². The van der Waals surface area contributed by atoms with Crippen LogP contribution in [0.1, 0.15) is 46.6 Å². The minimum absolute atomic E-state index is 0. The van der Waals surface area contributed by atoms with E-state index in [4.69, 9.17) is 4.74 Å². The van der Waals surface area contributed by atoms with Gasteiger partial charge in [0.25, 0.3) is 0 Å². The standard InChI is InChI=1S/C19H28N4OS.HI/c1-7-20-19(21-11-18-22-13(3)15(5)25-18)23-14(4)16-10-12(2)8-9-17(16)24-6;/h8-10,14H,7,11H2,1-6H3,(H2,20,21,23);1H. The average Bonchev–Trinajstić information content (AvgIpc) is 2.91. The molecule has 0 bridgehead atoms. The third kappa shape index (κ3) is 6.12. The maximum atomic E-state index is 5.50. The van der Waals surface area contributed by atoms with E-state index in [-0.39, 0.29) is 30.0 Å². The van der Waals surface area contributed by atoms with Gasteiger partial charge < -0.3 is 15.4 Å². The number of methoxy groups -OCH3 is 1. The van der Waals surface area contributed by atoms with E-state index in [1.165, 1.54) is 10.4 Å². The van der Waals surface area contributed by atoms with Gasteiger partial charge in [-0.25, -0.2) is 9.98 Å². The first-order chi connectivity index (χ1) is 11.9. The Hall–Kier alpha value is -1.35. The zero-order valence-electron chi connectivity index (χ0n) is 16.3. The number of rotatable bonds is 6. The zero-order chi connectivity index (χ0) is 18.4. The van der Waals surface area contributed by atoms with Crippen LogP contribution in [0.3, 0.4) is 0 Å². The Bertz CT molecular complexity index is 726. The van der Waals surface area contributed by atoms with E-state index < -0.39 is 0 Å². The minimum Gasteiger partial charge on any atom is -0.496 e. The van der Waals surface area contributed by atoms with Gasteiger partial charge in [0.15, 0.2) is 5.96 Å². The van der Waals surface area contributed by atoms with Crippen LogP contribution < -0.4 is 15.4 Å². The van der Waals surface area contributed by atoms with Gasteiger partial charge in [0, 0.05) is 17.0 Å². The fourth-order valence-electron chi connectivity index (χ4n) is 2.55. The number of thiazole rings is 1. The molecule has 26 heavy (non-hydrogen) atoms. The molecule has 0 fully saturated rings. The molecule has 0 saturated heterocycles. The minimum atomic E-state index is 0. The van der Waals surface area contributed by atoms with Crippen molar-refractivity contribution in [1.82, 2.24) is 15.6 Å². The molecule has 0 aliphatic carbocycles. The molecule has 2 aromatic rings. The van der Waals surface area contributed by atoms with Gasteiger partial charge in [0.2, 0.25) is 0 Å². The monoisotopic (exact) mass is 488 g/mol. The van der Waals surface area contributed by atoms with Gasteiger partial charge in [-0.15, -0.1) is 35.3 Å². The third-order valence-corrected chi connectivity index (χ3v) is 5.05. The van der Waals surface area contributed by atoms with E-state index in [0.29, 0.717) is 6.54 Å². The SMILES string of the molecule is CCNC(=NCc1nc(C)c(C)s1)NC(C)c1cc(C)ccc1OC.I. The summed E-state index contributed by atoms with van der Waals surface area (Å²) in [7, 11) is 1.70. The molecule has 1 heterocycles. The van der Waals surface area contributed by atoms with E-state index in [9.17, 15) is 0 Å². The number of nitrogens with one attached hydrogen (secondary N) is 2. The van der Waals surface area contributed by atoms with Gasteiger partial charge >= 0.3 is 0 Å². The molecule has 0 radical (unpaired) electrons. The summed E-state index contributed by atoms with van der Waals surface area (Å²) in [4.78, 5) is 10.5. The average molecular weight is 488 g/mol. The van der Waals surface area contributed by atoms with Gasteiger partial charge in [0.1, 0.15) is 10.8 Å². The number of aromatic nitrogens is 1. The fraction of sp³-hybridized carbons (Fsp3) is 0.474. The highest BCUT2D eigenvalue weighted by Crippen LogP contribution is 2.26. The van der Waals surface area contributed by atoms with E-state index in [1.54, 1.807) is 18.4 Å². The number of ether oxygens (including phenoxy) is 1. The van der Waals surface area contributed by atoms with Crippen molar-refractivity contribution in [3.05, 3.63) is 44.9 Å². The second-order valence-electron chi connectivity index (χ2n) is 6.06. The molecule has 0 aliphatic heterocycles. The van der Waals surface area contributed by atoms with Crippen molar-refractivity contribution in [3.8, 4) is 5.75 Å². The second-order valence-corrected chi connectivity index (χ2v) is 7.34. The highest BCUT2D eigenvalue weighted by atomic mass is 127. The summed E-state index contributed by atoms with van der Waals surface area (Å²) in [5.74, 6) is 1.66. The smallest absolute Gasteiger partial charge is 0.192 e. The first-order valence-corrected chi connectivity index (χ1v) is 9.38. The summed E-state index contributed by atoms with van der Waals surface area (Å²) in [5, 5.41) is 7.80. The molecule has 0 amide bonds. The molecule has 0 spiro atoms. The van der Waals surface area contributed by atoms with E-state index >= 15 is 0 Å². The number of aryl methyl sites for hydroxylation is 3. The lowest BCUT2D eigenvalue weighted by Crippen LogP contribution is -2.38. The molecule has 1 unspecified atom stereocenters. The van der Waals surface area contributed by atoms with Crippen molar-refractivity contribution in [3.63, 3.8) is 0 Å². The predicted octanol–water partition coefficient (Wildman–Crippen LogP) is 4.51. The van der Waals surface area contributed by atoms with Crippen molar-refractivity contribution < 1.29 is 4.74 Å². The topological polar surface area (TPSA) is 58.5 Å². The molecule has 2 N–H and O–H groups in total. The maximum absolute atomic E-state index is 5.50. The molecule has 0 saturated carbocycles. The summed E-state index contributed by atoms with van der Waals surface area (Å²) in [5.41, 5.74) is 3.42. The lowest BCUT2D eigenvalue weighted by molar-refractivity contribution is 0.405. The van der Waals surface area contributed by atoms with Gasteiger partial charge in [-0.1, -0.05) is 17.7 Å². The highest BCUT2D eigenvalue weighted by Gasteiger charge is 2.13. The molecular weight excluding hydrogens is 459 g/mol. The normalized spacial score (nSPS) is 12.3. The van der Waals surface area contributed by atoms with Crippen LogP contribution in [0, 0.1) is 20.8 Å². The Balaban J connectivity index is 0.00000338. The Morgan fingerprint density at radius 3 is 2.62 bits per heavy atom. The Labute approximate surface area is 177 Å². The quantitative estimate of drug-likeness (QED) is 0.357. The van der Waals surface area contributed by atoms with Crippen LogP contribution >= 0.6 is 35.3 Å². The van der Waals surface area contributed by atoms with Crippen LogP contribution in [-0.2, 0) is 6.54 Å². The number of hydrogen-bond donors (Lipinski definition) is 2. The van der Waals surface area contributed by atoms with Crippen molar-refractivity contribution in [2.45, 2.75) is 47.2 Å². The second kappa shape index (κ2) is 10.7. The van der Waals surface area contributed by atoms with Crippen LogP contribution in [0.4, 0.5) is 0 Å². The molecule has 1 atom stereocenters. The van der Waals surface area contributed by atoms with Crippen molar-refractivity contribution in [1.29, 1.82) is 0 Å². The summed E-state index contributed by atoms with van der Waals surface area (Å²) in [6.45, 7) is 11.8. The Morgan fingerprint density at radius 2 is 2.04 bits per heavy atom. The van der Waals surface area contributed by atoms with E-state index in [2.05, 4.69) is 60.4 Å². The van der Waals surface area contributed by atoms with E-state index in [1.807, 2.05) is 13.0 Å². The molecule has 1 aromatic heterocycles. The molecule has 2 rings (SSSR count). The van der Waals surface area contributed by atoms with Crippen LogP contribution in [0.5, 0.6) is 5.75 Å². The molecule has 5 nitrogen and oxygen atoms in total. The van der Waals surface area contributed by atoms with Crippen molar-refractivity contribution in [2.24, 2.45) is 4.99 Å². The largest absolute Gasteiger partial charge is 0.496 e. The molecule has 7 heteroatoms. The van der Waals surface area contributed by atoms with Crippen LogP contribution in [0.15, 0.2) is 23.2 Å². The molecule has 1 aromatic carbocycles.